The Kier molecular flexibility index (Phi) is 4.05. The van der Waals surface area contributed by atoms with E-state index in [9.17, 15) is 9.90 Å². The van der Waals surface area contributed by atoms with Gasteiger partial charge in [0.15, 0.2) is 0 Å². The molecule has 0 bridgehead atoms. The standard InChI is InChI=1S/C13H24N2O2/c1-8(6-9(2)16)15-13(17)12-11-5-3-4-10(11)7-14-12/h8-12,14,16H,3-7H2,1-2H3,(H,15,17). The molecule has 2 aliphatic rings. The average molecular weight is 240 g/mol. The molecule has 17 heavy (non-hydrogen) atoms. The predicted octanol–water partition coefficient (Wildman–Crippen LogP) is 0.650. The van der Waals surface area contributed by atoms with Crippen LogP contribution in [-0.2, 0) is 4.79 Å². The molecule has 1 aliphatic heterocycles. The lowest BCUT2D eigenvalue weighted by molar-refractivity contribution is -0.124. The van der Waals surface area contributed by atoms with E-state index < -0.39 is 0 Å². The van der Waals surface area contributed by atoms with Crippen LogP contribution in [0.25, 0.3) is 0 Å². The van der Waals surface area contributed by atoms with Crippen molar-refractivity contribution >= 4 is 5.91 Å². The molecule has 2 fully saturated rings. The molecule has 0 radical (unpaired) electrons. The first-order chi connectivity index (χ1) is 8.08. The molecular formula is C13H24N2O2. The summed E-state index contributed by atoms with van der Waals surface area (Å²) in [4.78, 5) is 12.1. The van der Waals surface area contributed by atoms with Gasteiger partial charge in [-0.2, -0.15) is 0 Å². The van der Waals surface area contributed by atoms with Gasteiger partial charge < -0.3 is 15.7 Å². The van der Waals surface area contributed by atoms with Gasteiger partial charge in [-0.3, -0.25) is 4.79 Å². The highest BCUT2D eigenvalue weighted by Crippen LogP contribution is 2.37. The SMILES string of the molecule is CC(O)CC(C)NC(=O)C1NCC2CCCC21. The largest absolute Gasteiger partial charge is 0.393 e. The van der Waals surface area contributed by atoms with Gasteiger partial charge in [0.2, 0.25) is 5.91 Å². The predicted molar refractivity (Wildman–Crippen MR) is 66.5 cm³/mol. The maximum Gasteiger partial charge on any atom is 0.237 e. The molecule has 3 N–H and O–H groups in total. The summed E-state index contributed by atoms with van der Waals surface area (Å²) in [5, 5.41) is 15.6. The fourth-order valence-electron chi connectivity index (χ4n) is 3.38. The molecule has 4 nitrogen and oxygen atoms in total. The lowest BCUT2D eigenvalue weighted by Gasteiger charge is -2.21. The van der Waals surface area contributed by atoms with E-state index in [0.717, 1.165) is 6.54 Å². The molecule has 1 amide bonds. The highest BCUT2D eigenvalue weighted by Gasteiger charge is 2.42. The maximum atomic E-state index is 12.1. The Morgan fingerprint density at radius 2 is 2.24 bits per heavy atom. The van der Waals surface area contributed by atoms with E-state index in [1.54, 1.807) is 6.92 Å². The van der Waals surface area contributed by atoms with Crippen LogP contribution in [0, 0.1) is 11.8 Å². The lowest BCUT2D eigenvalue weighted by Crippen LogP contribution is -2.47. The number of amides is 1. The van der Waals surface area contributed by atoms with Gasteiger partial charge in [0.25, 0.3) is 0 Å². The van der Waals surface area contributed by atoms with E-state index in [1.807, 2.05) is 6.92 Å². The third-order valence-electron chi connectivity index (χ3n) is 4.11. The molecule has 4 heteroatoms. The minimum absolute atomic E-state index is 0.000973. The van der Waals surface area contributed by atoms with Crippen molar-refractivity contribution in [3.8, 4) is 0 Å². The smallest absolute Gasteiger partial charge is 0.237 e. The van der Waals surface area contributed by atoms with Crippen LogP contribution in [0.5, 0.6) is 0 Å². The van der Waals surface area contributed by atoms with Gasteiger partial charge >= 0.3 is 0 Å². The summed E-state index contributed by atoms with van der Waals surface area (Å²) in [6.07, 6.45) is 3.97. The van der Waals surface area contributed by atoms with Crippen LogP contribution in [0.3, 0.4) is 0 Å². The molecule has 0 aromatic heterocycles. The summed E-state index contributed by atoms with van der Waals surface area (Å²) in [6.45, 7) is 4.70. The normalized spacial score (nSPS) is 35.4. The van der Waals surface area contributed by atoms with Gasteiger partial charge in [-0.1, -0.05) is 6.42 Å². The first-order valence-electron chi connectivity index (χ1n) is 6.79. The van der Waals surface area contributed by atoms with Crippen LogP contribution < -0.4 is 10.6 Å². The molecule has 0 aromatic rings. The first kappa shape index (κ1) is 12.8. The summed E-state index contributed by atoms with van der Waals surface area (Å²) < 4.78 is 0. The van der Waals surface area contributed by atoms with Gasteiger partial charge in [0.1, 0.15) is 0 Å². The zero-order chi connectivity index (χ0) is 12.4. The van der Waals surface area contributed by atoms with Gasteiger partial charge in [0.05, 0.1) is 12.1 Å². The minimum atomic E-state index is -0.360. The summed E-state index contributed by atoms with van der Waals surface area (Å²) in [5.74, 6) is 1.36. The van der Waals surface area contributed by atoms with E-state index >= 15 is 0 Å². The topological polar surface area (TPSA) is 61.4 Å². The Balaban J connectivity index is 1.83. The van der Waals surface area contributed by atoms with Gasteiger partial charge in [0, 0.05) is 6.04 Å². The number of rotatable bonds is 4. The zero-order valence-electron chi connectivity index (χ0n) is 10.8. The molecule has 1 aliphatic carbocycles. The van der Waals surface area contributed by atoms with Gasteiger partial charge in [-0.15, -0.1) is 0 Å². The second-order valence-corrected chi connectivity index (χ2v) is 5.74. The van der Waals surface area contributed by atoms with E-state index in [-0.39, 0.29) is 24.1 Å². The monoisotopic (exact) mass is 240 g/mol. The van der Waals surface area contributed by atoms with E-state index in [0.29, 0.717) is 18.3 Å². The van der Waals surface area contributed by atoms with Crippen LogP contribution in [0.2, 0.25) is 0 Å². The minimum Gasteiger partial charge on any atom is -0.393 e. The lowest BCUT2D eigenvalue weighted by atomic mass is 9.93. The molecule has 1 saturated heterocycles. The van der Waals surface area contributed by atoms with Crippen molar-refractivity contribution < 1.29 is 9.90 Å². The van der Waals surface area contributed by atoms with Crippen LogP contribution in [0.15, 0.2) is 0 Å². The molecule has 0 spiro atoms. The Hall–Kier alpha value is -0.610. The molecule has 5 atom stereocenters. The highest BCUT2D eigenvalue weighted by molar-refractivity contribution is 5.82. The second-order valence-electron chi connectivity index (χ2n) is 5.74. The number of nitrogens with one attached hydrogen (secondary N) is 2. The number of hydrogen-bond acceptors (Lipinski definition) is 3. The van der Waals surface area contributed by atoms with Crippen LogP contribution in [0.4, 0.5) is 0 Å². The van der Waals surface area contributed by atoms with Crippen molar-refractivity contribution in [2.24, 2.45) is 11.8 Å². The zero-order valence-corrected chi connectivity index (χ0v) is 10.8. The Bertz CT molecular complexity index is 281. The van der Waals surface area contributed by atoms with Gasteiger partial charge in [-0.05, 0) is 51.5 Å². The molecule has 98 valence electrons. The molecule has 5 unspecified atom stereocenters. The number of carbonyl (C=O) groups is 1. The van der Waals surface area contributed by atoms with Crippen molar-refractivity contribution in [1.29, 1.82) is 0 Å². The number of aliphatic hydroxyl groups is 1. The van der Waals surface area contributed by atoms with Crippen molar-refractivity contribution in [2.75, 3.05) is 6.54 Å². The summed E-state index contributed by atoms with van der Waals surface area (Å²) in [5.41, 5.74) is 0. The summed E-state index contributed by atoms with van der Waals surface area (Å²) in [6, 6.07) is 0.0451. The molecular weight excluding hydrogens is 216 g/mol. The second kappa shape index (κ2) is 5.36. The Morgan fingerprint density at radius 1 is 1.47 bits per heavy atom. The van der Waals surface area contributed by atoms with Crippen LogP contribution in [0.1, 0.15) is 39.5 Å². The number of carbonyl (C=O) groups excluding carboxylic acids is 1. The van der Waals surface area contributed by atoms with Gasteiger partial charge in [-0.25, -0.2) is 0 Å². The maximum absolute atomic E-state index is 12.1. The van der Waals surface area contributed by atoms with Crippen molar-refractivity contribution in [2.45, 2.75) is 57.7 Å². The van der Waals surface area contributed by atoms with Crippen molar-refractivity contribution in [3.63, 3.8) is 0 Å². The van der Waals surface area contributed by atoms with E-state index in [2.05, 4.69) is 10.6 Å². The number of hydrogen-bond donors (Lipinski definition) is 3. The fourth-order valence-corrected chi connectivity index (χ4v) is 3.38. The Morgan fingerprint density at radius 3 is 2.94 bits per heavy atom. The average Bonchev–Trinajstić information content (AvgIpc) is 2.74. The van der Waals surface area contributed by atoms with Crippen molar-refractivity contribution in [1.82, 2.24) is 10.6 Å². The number of fused-ring (bicyclic) bond motifs is 1. The summed E-state index contributed by atoms with van der Waals surface area (Å²) >= 11 is 0. The molecule has 0 aromatic carbocycles. The van der Waals surface area contributed by atoms with E-state index in [4.69, 9.17) is 0 Å². The molecule has 2 rings (SSSR count). The number of aliphatic hydroxyl groups excluding tert-OH is 1. The first-order valence-corrected chi connectivity index (χ1v) is 6.79. The molecule has 1 heterocycles. The van der Waals surface area contributed by atoms with E-state index in [1.165, 1.54) is 19.3 Å². The van der Waals surface area contributed by atoms with Crippen molar-refractivity contribution in [3.05, 3.63) is 0 Å². The fraction of sp³-hybridized carbons (Fsp3) is 0.923. The summed E-state index contributed by atoms with van der Waals surface area (Å²) in [7, 11) is 0. The third-order valence-corrected chi connectivity index (χ3v) is 4.11. The van der Waals surface area contributed by atoms with Crippen LogP contribution in [-0.4, -0.2) is 35.7 Å². The quantitative estimate of drug-likeness (QED) is 0.676. The highest BCUT2D eigenvalue weighted by atomic mass is 16.3. The third kappa shape index (κ3) is 2.99. The molecule has 1 saturated carbocycles. The Labute approximate surface area is 103 Å². The van der Waals surface area contributed by atoms with Crippen LogP contribution >= 0.6 is 0 Å².